The number of carbonyl (C=O) groups is 1. The maximum Gasteiger partial charge on any atom is 0.180 e. The molecule has 5 rings (SSSR count). The van der Waals surface area contributed by atoms with E-state index in [4.69, 9.17) is 9.97 Å². The van der Waals surface area contributed by atoms with Crippen molar-refractivity contribution in [3.63, 3.8) is 0 Å². The number of nitrogens with zero attached hydrogens (tertiary/aromatic N) is 6. The molecule has 3 aromatic heterocycles. The summed E-state index contributed by atoms with van der Waals surface area (Å²) in [6, 6.07) is 18.0. The van der Waals surface area contributed by atoms with Gasteiger partial charge in [-0.3, -0.25) is 4.79 Å². The Morgan fingerprint density at radius 1 is 0.974 bits per heavy atom. The summed E-state index contributed by atoms with van der Waals surface area (Å²) in [6.45, 7) is 8.01. The molecule has 0 radical (unpaired) electrons. The first kappa shape index (κ1) is 26.4. The van der Waals surface area contributed by atoms with E-state index in [0.29, 0.717) is 47.5 Å². The van der Waals surface area contributed by atoms with Crippen molar-refractivity contribution in [2.75, 3.05) is 36.4 Å². The highest BCUT2D eigenvalue weighted by Crippen LogP contribution is 2.21. The number of Topliss-reactive ketones (excluding diaryl/α,β-unsaturated/α-hetero) is 1. The van der Waals surface area contributed by atoms with E-state index < -0.39 is 0 Å². The first-order chi connectivity index (χ1) is 19.1. The number of nitrogens with one attached hydrogen (secondary N) is 2. The molecule has 39 heavy (non-hydrogen) atoms. The van der Waals surface area contributed by atoms with Gasteiger partial charge in [-0.1, -0.05) is 25.1 Å². The third-order valence-corrected chi connectivity index (χ3v) is 6.55. The van der Waals surface area contributed by atoms with Crippen LogP contribution >= 0.6 is 0 Å². The van der Waals surface area contributed by atoms with E-state index in [9.17, 15) is 4.79 Å². The van der Waals surface area contributed by atoms with Gasteiger partial charge in [0, 0.05) is 69.1 Å². The van der Waals surface area contributed by atoms with Crippen LogP contribution in [0.25, 0.3) is 11.5 Å². The van der Waals surface area contributed by atoms with E-state index in [1.54, 1.807) is 6.20 Å². The average Bonchev–Trinajstić information content (AvgIpc) is 2.94. The molecule has 0 amide bonds. The predicted octanol–water partition coefficient (Wildman–Crippen LogP) is 4.29. The number of aryl methyl sites for hydroxylation is 1. The van der Waals surface area contributed by atoms with Crippen molar-refractivity contribution in [2.45, 2.75) is 39.5 Å². The first-order valence-electron chi connectivity index (χ1n) is 13.5. The Morgan fingerprint density at radius 3 is 2.56 bits per heavy atom. The van der Waals surface area contributed by atoms with E-state index >= 15 is 0 Å². The Labute approximate surface area is 229 Å². The smallest absolute Gasteiger partial charge is 0.180 e. The van der Waals surface area contributed by atoms with Gasteiger partial charge in [-0.05, 0) is 49.2 Å². The van der Waals surface area contributed by atoms with Crippen molar-refractivity contribution in [1.82, 2.24) is 30.2 Å². The van der Waals surface area contributed by atoms with Gasteiger partial charge in [-0.15, -0.1) is 0 Å². The lowest BCUT2D eigenvalue weighted by atomic mass is 10.1. The molecule has 1 fully saturated rings. The minimum Gasteiger partial charge on any atom is -0.369 e. The lowest BCUT2D eigenvalue weighted by molar-refractivity contribution is -0.118. The number of piperazine rings is 1. The Morgan fingerprint density at radius 2 is 1.79 bits per heavy atom. The van der Waals surface area contributed by atoms with Gasteiger partial charge in [0.05, 0.1) is 5.69 Å². The maximum atomic E-state index is 12.4. The van der Waals surface area contributed by atoms with E-state index in [0.717, 1.165) is 43.9 Å². The summed E-state index contributed by atoms with van der Waals surface area (Å²) in [6.07, 6.45) is 3.95. The van der Waals surface area contributed by atoms with Crippen LogP contribution in [0.4, 0.5) is 17.3 Å². The van der Waals surface area contributed by atoms with Gasteiger partial charge >= 0.3 is 0 Å². The zero-order valence-corrected chi connectivity index (χ0v) is 22.5. The van der Waals surface area contributed by atoms with Crippen LogP contribution < -0.4 is 15.5 Å². The molecule has 4 aromatic rings. The molecule has 1 saturated heterocycles. The molecule has 0 saturated carbocycles. The van der Waals surface area contributed by atoms with Gasteiger partial charge in [0.15, 0.2) is 5.82 Å². The summed E-state index contributed by atoms with van der Waals surface area (Å²) in [7, 11) is 0. The number of ketones is 1. The summed E-state index contributed by atoms with van der Waals surface area (Å²) in [5.41, 5.74) is 4.59. The number of aromatic nitrogens is 5. The lowest BCUT2D eigenvalue weighted by Crippen LogP contribution is -2.43. The quantitative estimate of drug-likeness (QED) is 0.315. The van der Waals surface area contributed by atoms with Crippen molar-refractivity contribution in [2.24, 2.45) is 0 Å². The van der Waals surface area contributed by atoms with Crippen LogP contribution in [0.1, 0.15) is 42.5 Å². The lowest BCUT2D eigenvalue weighted by Gasteiger charge is -2.29. The molecule has 1 aliphatic rings. The monoisotopic (exact) mass is 522 g/mol. The van der Waals surface area contributed by atoms with E-state index in [-0.39, 0.29) is 12.2 Å². The van der Waals surface area contributed by atoms with Crippen LogP contribution in [0.2, 0.25) is 0 Å². The predicted molar refractivity (Wildman–Crippen MR) is 153 cm³/mol. The average molecular weight is 523 g/mol. The van der Waals surface area contributed by atoms with Gasteiger partial charge in [-0.2, -0.15) is 0 Å². The second-order valence-electron chi connectivity index (χ2n) is 9.76. The summed E-state index contributed by atoms with van der Waals surface area (Å²) >= 11 is 0. The molecule has 9 nitrogen and oxygen atoms in total. The third kappa shape index (κ3) is 7.20. The molecule has 0 unspecified atom stereocenters. The second-order valence-corrected chi connectivity index (χ2v) is 9.76. The zero-order valence-electron chi connectivity index (χ0n) is 22.5. The van der Waals surface area contributed by atoms with Gasteiger partial charge in [0.25, 0.3) is 0 Å². The van der Waals surface area contributed by atoms with Gasteiger partial charge in [0.2, 0.25) is 0 Å². The Bertz CT molecular complexity index is 1420. The number of anilines is 3. The first-order valence-corrected chi connectivity index (χ1v) is 13.5. The maximum absolute atomic E-state index is 12.4. The van der Waals surface area contributed by atoms with E-state index in [2.05, 4.69) is 54.8 Å². The summed E-state index contributed by atoms with van der Waals surface area (Å²) in [5.74, 6) is 2.53. The number of hydrogen-bond donors (Lipinski definition) is 2. The fourth-order valence-electron chi connectivity index (χ4n) is 4.62. The topological polar surface area (TPSA) is 109 Å². The third-order valence-electron chi connectivity index (χ3n) is 6.55. The molecular formula is C30H34N8O. The van der Waals surface area contributed by atoms with Crippen molar-refractivity contribution in [3.05, 3.63) is 83.6 Å². The zero-order chi connectivity index (χ0) is 27.0. The number of rotatable bonds is 10. The van der Waals surface area contributed by atoms with Crippen LogP contribution in [-0.4, -0.2) is 56.9 Å². The summed E-state index contributed by atoms with van der Waals surface area (Å²) in [5, 5.41) is 6.69. The molecule has 0 bridgehead atoms. The molecule has 0 atom stereocenters. The van der Waals surface area contributed by atoms with Crippen LogP contribution in [-0.2, 0) is 17.6 Å². The molecule has 2 N–H and O–H groups in total. The van der Waals surface area contributed by atoms with E-state index in [1.807, 2.05) is 44.2 Å². The van der Waals surface area contributed by atoms with Crippen molar-refractivity contribution >= 4 is 23.1 Å². The standard InChI is InChI=1S/C30H34N8O/c1-3-5-25(39)19-23-20-29(37-30(34-23)26-7-4-6-21(2)33-26)36-27-12-13-32-28(35-27)18-22-8-10-24(11-9-22)38-16-14-31-15-17-38/h4,6-13,20,31H,3,5,14-19H2,1-2H3,(H,32,34,35,36,37). The van der Waals surface area contributed by atoms with Gasteiger partial charge in [-0.25, -0.2) is 24.9 Å². The van der Waals surface area contributed by atoms with E-state index in [1.165, 1.54) is 5.69 Å². The summed E-state index contributed by atoms with van der Waals surface area (Å²) < 4.78 is 0. The molecule has 4 heterocycles. The molecule has 200 valence electrons. The number of hydrogen-bond acceptors (Lipinski definition) is 9. The SMILES string of the molecule is CCCC(=O)Cc1cc(Nc2ccnc(Cc3ccc(N4CCNCC4)cc3)n2)nc(-c2cccc(C)n2)n1. The molecule has 9 heteroatoms. The minimum absolute atomic E-state index is 0.151. The Hall–Kier alpha value is -4.24. The fourth-order valence-corrected chi connectivity index (χ4v) is 4.62. The van der Waals surface area contributed by atoms with Crippen LogP contribution in [0.15, 0.2) is 60.8 Å². The largest absolute Gasteiger partial charge is 0.369 e. The highest BCUT2D eigenvalue weighted by Gasteiger charge is 2.13. The second kappa shape index (κ2) is 12.5. The normalized spacial score (nSPS) is 13.3. The molecule has 1 aliphatic heterocycles. The summed E-state index contributed by atoms with van der Waals surface area (Å²) in [4.78, 5) is 37.9. The molecule has 0 aliphatic carbocycles. The molecular weight excluding hydrogens is 488 g/mol. The van der Waals surface area contributed by atoms with Crippen LogP contribution in [0, 0.1) is 6.92 Å². The van der Waals surface area contributed by atoms with Crippen LogP contribution in [0.3, 0.4) is 0 Å². The van der Waals surface area contributed by atoms with Crippen molar-refractivity contribution in [3.8, 4) is 11.5 Å². The Balaban J connectivity index is 1.34. The minimum atomic E-state index is 0.151. The highest BCUT2D eigenvalue weighted by atomic mass is 16.1. The number of benzene rings is 1. The van der Waals surface area contributed by atoms with Gasteiger partial charge < -0.3 is 15.5 Å². The molecule has 1 aromatic carbocycles. The fraction of sp³-hybridized carbons (Fsp3) is 0.333. The van der Waals surface area contributed by atoms with Crippen molar-refractivity contribution < 1.29 is 4.79 Å². The number of pyridine rings is 1. The van der Waals surface area contributed by atoms with Crippen LogP contribution in [0.5, 0.6) is 0 Å². The van der Waals surface area contributed by atoms with Gasteiger partial charge in [0.1, 0.15) is 28.9 Å². The molecule has 0 spiro atoms. The Kier molecular flexibility index (Phi) is 8.48. The number of carbonyl (C=O) groups excluding carboxylic acids is 1. The highest BCUT2D eigenvalue weighted by molar-refractivity contribution is 5.80. The van der Waals surface area contributed by atoms with Crippen molar-refractivity contribution in [1.29, 1.82) is 0 Å².